The summed E-state index contributed by atoms with van der Waals surface area (Å²) < 4.78 is 0. The number of nitrogens with one attached hydrogen (secondary N) is 1. The molecule has 0 radical (unpaired) electrons. The average Bonchev–Trinajstić information content (AvgIpc) is 2.86. The number of hydrogen-bond acceptors (Lipinski definition) is 3. The van der Waals surface area contributed by atoms with E-state index in [-0.39, 0.29) is 11.6 Å². The van der Waals surface area contributed by atoms with E-state index in [1.54, 1.807) is 0 Å². The van der Waals surface area contributed by atoms with E-state index in [1.165, 1.54) is 32.2 Å². The monoisotopic (exact) mass is 254 g/mol. The summed E-state index contributed by atoms with van der Waals surface area (Å²) in [4.78, 5) is 2.47. The number of likely N-dealkylation sites (tertiary alicyclic amines) is 1. The van der Waals surface area contributed by atoms with Crippen LogP contribution in [0.5, 0.6) is 0 Å². The Bertz CT molecular complexity index is 266. The van der Waals surface area contributed by atoms with Crippen molar-refractivity contribution >= 4 is 0 Å². The number of nitrogens with zero attached hydrogens (tertiary/aromatic N) is 1. The van der Waals surface area contributed by atoms with Crippen LogP contribution < -0.4 is 5.32 Å². The highest BCUT2D eigenvalue weighted by molar-refractivity contribution is 4.92. The number of aliphatic hydroxyl groups is 1. The van der Waals surface area contributed by atoms with Crippen LogP contribution in [-0.2, 0) is 0 Å². The molecule has 0 aromatic heterocycles. The molecule has 1 heterocycles. The van der Waals surface area contributed by atoms with Crippen LogP contribution in [0.15, 0.2) is 0 Å². The van der Waals surface area contributed by atoms with Crippen molar-refractivity contribution < 1.29 is 5.11 Å². The van der Waals surface area contributed by atoms with Crippen molar-refractivity contribution in [3.63, 3.8) is 0 Å². The van der Waals surface area contributed by atoms with Crippen LogP contribution in [0.3, 0.4) is 0 Å². The second kappa shape index (κ2) is 5.48. The van der Waals surface area contributed by atoms with Crippen molar-refractivity contribution in [2.75, 3.05) is 26.2 Å². The SMILES string of the molecule is CC(C)(C)NCC1(CN2CCC(O)C2)CCCC1. The van der Waals surface area contributed by atoms with Crippen LogP contribution in [0, 0.1) is 5.41 Å². The summed E-state index contributed by atoms with van der Waals surface area (Å²) in [7, 11) is 0. The zero-order chi connectivity index (χ0) is 13.2. The molecule has 2 N–H and O–H groups in total. The first-order valence-corrected chi connectivity index (χ1v) is 7.54. The molecule has 1 aliphatic heterocycles. The Balaban J connectivity index is 1.90. The van der Waals surface area contributed by atoms with Crippen LogP contribution in [0.1, 0.15) is 52.9 Å². The summed E-state index contributed by atoms with van der Waals surface area (Å²) in [6.45, 7) is 11.0. The van der Waals surface area contributed by atoms with E-state index in [4.69, 9.17) is 0 Å². The Hall–Kier alpha value is -0.120. The minimum Gasteiger partial charge on any atom is -0.392 e. The molecule has 2 fully saturated rings. The maximum absolute atomic E-state index is 9.66. The molecule has 1 saturated heterocycles. The van der Waals surface area contributed by atoms with Crippen molar-refractivity contribution in [1.29, 1.82) is 0 Å². The lowest BCUT2D eigenvalue weighted by atomic mass is 9.84. The predicted octanol–water partition coefficient (Wildman–Crippen LogP) is 2.00. The number of aliphatic hydroxyl groups excluding tert-OH is 1. The third-order valence-corrected chi connectivity index (χ3v) is 4.46. The second-order valence-electron chi connectivity index (χ2n) is 7.49. The molecule has 106 valence electrons. The molecule has 2 aliphatic rings. The number of β-amino-alcohol motifs (C(OH)–C–C–N with tert-alkyl or cyclic N) is 1. The lowest BCUT2D eigenvalue weighted by Crippen LogP contribution is -2.47. The summed E-state index contributed by atoms with van der Waals surface area (Å²) in [6, 6.07) is 0. The fraction of sp³-hybridized carbons (Fsp3) is 1.00. The molecule has 18 heavy (non-hydrogen) atoms. The summed E-state index contributed by atoms with van der Waals surface area (Å²) in [5.41, 5.74) is 0.664. The van der Waals surface area contributed by atoms with Gasteiger partial charge in [0.15, 0.2) is 0 Å². The average molecular weight is 254 g/mol. The Morgan fingerprint density at radius 3 is 2.44 bits per heavy atom. The van der Waals surface area contributed by atoms with Gasteiger partial charge in [-0.25, -0.2) is 0 Å². The minimum absolute atomic E-state index is 0.0842. The van der Waals surface area contributed by atoms with Gasteiger partial charge in [-0.15, -0.1) is 0 Å². The largest absolute Gasteiger partial charge is 0.392 e. The van der Waals surface area contributed by atoms with Gasteiger partial charge in [-0.3, -0.25) is 0 Å². The molecule has 3 nitrogen and oxygen atoms in total. The molecule has 0 amide bonds. The quantitative estimate of drug-likeness (QED) is 0.805. The van der Waals surface area contributed by atoms with Gasteiger partial charge in [-0.05, 0) is 45.4 Å². The smallest absolute Gasteiger partial charge is 0.0679 e. The zero-order valence-electron chi connectivity index (χ0n) is 12.3. The van der Waals surface area contributed by atoms with Crippen LogP contribution in [0.2, 0.25) is 0 Å². The molecule has 1 unspecified atom stereocenters. The molecule has 0 spiro atoms. The first-order chi connectivity index (χ1) is 8.39. The third-order valence-electron chi connectivity index (χ3n) is 4.46. The molecule has 2 rings (SSSR count). The Morgan fingerprint density at radius 2 is 1.94 bits per heavy atom. The molecular formula is C15H30N2O. The van der Waals surface area contributed by atoms with Gasteiger partial charge in [0.2, 0.25) is 0 Å². The van der Waals surface area contributed by atoms with Gasteiger partial charge in [0.1, 0.15) is 0 Å². The first kappa shape index (κ1) is 14.3. The standard InChI is InChI=1S/C15H30N2O/c1-14(2,3)16-11-15(7-4-5-8-15)12-17-9-6-13(18)10-17/h13,16,18H,4-12H2,1-3H3. The molecule has 1 saturated carbocycles. The van der Waals surface area contributed by atoms with E-state index in [0.717, 1.165) is 26.1 Å². The van der Waals surface area contributed by atoms with E-state index < -0.39 is 0 Å². The minimum atomic E-state index is -0.0842. The van der Waals surface area contributed by atoms with Crippen molar-refractivity contribution in [2.24, 2.45) is 5.41 Å². The second-order valence-corrected chi connectivity index (χ2v) is 7.49. The van der Waals surface area contributed by atoms with Gasteiger partial charge in [-0.1, -0.05) is 12.8 Å². The molecular weight excluding hydrogens is 224 g/mol. The van der Waals surface area contributed by atoms with Gasteiger partial charge in [0, 0.05) is 31.7 Å². The van der Waals surface area contributed by atoms with Crippen molar-refractivity contribution in [1.82, 2.24) is 10.2 Å². The lowest BCUT2D eigenvalue weighted by Gasteiger charge is -2.36. The Morgan fingerprint density at radius 1 is 1.28 bits per heavy atom. The fourth-order valence-electron chi connectivity index (χ4n) is 3.40. The summed E-state index contributed by atoms with van der Waals surface area (Å²) >= 11 is 0. The van der Waals surface area contributed by atoms with Crippen molar-refractivity contribution in [3.05, 3.63) is 0 Å². The van der Waals surface area contributed by atoms with Gasteiger partial charge >= 0.3 is 0 Å². The normalized spacial score (nSPS) is 29.0. The maximum atomic E-state index is 9.66. The van der Waals surface area contributed by atoms with Crippen LogP contribution in [0.25, 0.3) is 0 Å². The third kappa shape index (κ3) is 3.94. The van der Waals surface area contributed by atoms with Crippen LogP contribution in [-0.4, -0.2) is 47.8 Å². The van der Waals surface area contributed by atoms with Gasteiger partial charge in [0.05, 0.1) is 6.10 Å². The van der Waals surface area contributed by atoms with Crippen molar-refractivity contribution in [3.8, 4) is 0 Å². The van der Waals surface area contributed by atoms with E-state index in [2.05, 4.69) is 31.0 Å². The molecule has 0 bridgehead atoms. The predicted molar refractivity (Wildman–Crippen MR) is 75.7 cm³/mol. The van der Waals surface area contributed by atoms with Gasteiger partial charge in [0.25, 0.3) is 0 Å². The van der Waals surface area contributed by atoms with Crippen molar-refractivity contribution in [2.45, 2.75) is 64.5 Å². The van der Waals surface area contributed by atoms with Gasteiger partial charge in [-0.2, -0.15) is 0 Å². The van der Waals surface area contributed by atoms with Gasteiger partial charge < -0.3 is 15.3 Å². The Kier molecular flexibility index (Phi) is 4.35. The molecule has 1 atom stereocenters. The highest BCUT2D eigenvalue weighted by Gasteiger charge is 2.37. The first-order valence-electron chi connectivity index (χ1n) is 7.54. The number of rotatable bonds is 4. The highest BCUT2D eigenvalue weighted by Crippen LogP contribution is 2.39. The maximum Gasteiger partial charge on any atom is 0.0679 e. The number of hydrogen-bond donors (Lipinski definition) is 2. The molecule has 3 heteroatoms. The van der Waals surface area contributed by atoms with Crippen LogP contribution >= 0.6 is 0 Å². The van der Waals surface area contributed by atoms with Crippen LogP contribution in [0.4, 0.5) is 0 Å². The van der Waals surface area contributed by atoms with E-state index >= 15 is 0 Å². The summed E-state index contributed by atoms with van der Waals surface area (Å²) in [5, 5.41) is 13.4. The summed E-state index contributed by atoms with van der Waals surface area (Å²) in [6.07, 6.45) is 6.33. The Labute approximate surface area is 112 Å². The lowest BCUT2D eigenvalue weighted by molar-refractivity contribution is 0.134. The topological polar surface area (TPSA) is 35.5 Å². The fourth-order valence-corrected chi connectivity index (χ4v) is 3.40. The molecule has 1 aliphatic carbocycles. The molecule has 0 aromatic carbocycles. The summed E-state index contributed by atoms with van der Waals surface area (Å²) in [5.74, 6) is 0. The van der Waals surface area contributed by atoms with E-state index in [0.29, 0.717) is 5.41 Å². The molecule has 0 aromatic rings. The highest BCUT2D eigenvalue weighted by atomic mass is 16.3. The van der Waals surface area contributed by atoms with E-state index in [1.807, 2.05) is 0 Å². The van der Waals surface area contributed by atoms with E-state index in [9.17, 15) is 5.11 Å². The zero-order valence-corrected chi connectivity index (χ0v) is 12.3.